The lowest BCUT2D eigenvalue weighted by Crippen LogP contribution is -2.16. The van der Waals surface area contributed by atoms with Crippen LogP contribution in [0.3, 0.4) is 0 Å². The maximum absolute atomic E-state index is 5.68. The number of nitrogens with one attached hydrogen (secondary N) is 1. The minimum Gasteiger partial charge on any atom is -0.486 e. The summed E-state index contributed by atoms with van der Waals surface area (Å²) in [5, 5.41) is 3.42. The van der Waals surface area contributed by atoms with Crippen LogP contribution in [-0.2, 0) is 6.54 Å². The first-order chi connectivity index (χ1) is 9.74. The molecule has 0 radical (unpaired) electrons. The number of fused-ring (bicyclic) bond motifs is 1. The van der Waals surface area contributed by atoms with Gasteiger partial charge in [-0.15, -0.1) is 0 Å². The van der Waals surface area contributed by atoms with Crippen LogP contribution < -0.4 is 20.5 Å². The van der Waals surface area contributed by atoms with Crippen molar-refractivity contribution in [3.63, 3.8) is 0 Å². The Kier molecular flexibility index (Phi) is 3.37. The van der Waals surface area contributed by atoms with Crippen molar-refractivity contribution in [2.24, 2.45) is 0 Å². The van der Waals surface area contributed by atoms with Gasteiger partial charge in [0.2, 0.25) is 0 Å². The quantitative estimate of drug-likeness (QED) is 0.842. The fraction of sp³-hybridized carbons (Fsp3) is 0.250. The third-order valence-electron chi connectivity index (χ3n) is 3.42. The van der Waals surface area contributed by atoms with Crippen molar-refractivity contribution < 1.29 is 9.47 Å². The number of benzene rings is 2. The highest BCUT2D eigenvalue weighted by molar-refractivity contribution is 5.62. The third-order valence-corrected chi connectivity index (χ3v) is 3.42. The lowest BCUT2D eigenvalue weighted by molar-refractivity contribution is 0.170. The summed E-state index contributed by atoms with van der Waals surface area (Å²) in [4.78, 5) is 0. The predicted molar refractivity (Wildman–Crippen MR) is 80.4 cm³/mol. The summed E-state index contributed by atoms with van der Waals surface area (Å²) in [6.07, 6.45) is 0. The second-order valence-corrected chi connectivity index (χ2v) is 4.86. The molecule has 0 saturated heterocycles. The van der Waals surface area contributed by atoms with Gasteiger partial charge in [-0.05, 0) is 36.8 Å². The Labute approximate surface area is 118 Å². The molecule has 0 bridgehead atoms. The van der Waals surface area contributed by atoms with Crippen LogP contribution in [0.25, 0.3) is 0 Å². The van der Waals surface area contributed by atoms with Gasteiger partial charge < -0.3 is 20.5 Å². The molecule has 2 aromatic rings. The zero-order valence-corrected chi connectivity index (χ0v) is 11.5. The van der Waals surface area contributed by atoms with Crippen molar-refractivity contribution in [1.29, 1.82) is 0 Å². The van der Waals surface area contributed by atoms with E-state index < -0.39 is 0 Å². The molecule has 104 valence electrons. The van der Waals surface area contributed by atoms with E-state index in [4.69, 9.17) is 15.2 Å². The van der Waals surface area contributed by atoms with Crippen molar-refractivity contribution in [2.75, 3.05) is 24.3 Å². The van der Waals surface area contributed by atoms with Crippen LogP contribution in [0.2, 0.25) is 0 Å². The second kappa shape index (κ2) is 5.33. The highest BCUT2D eigenvalue weighted by Gasteiger charge is 2.16. The van der Waals surface area contributed by atoms with Crippen molar-refractivity contribution in [3.8, 4) is 11.5 Å². The highest BCUT2D eigenvalue weighted by atomic mass is 16.6. The topological polar surface area (TPSA) is 56.5 Å². The molecule has 0 aliphatic carbocycles. The minimum absolute atomic E-state index is 0.606. The van der Waals surface area contributed by atoms with Gasteiger partial charge >= 0.3 is 0 Å². The Morgan fingerprint density at radius 2 is 1.80 bits per heavy atom. The second-order valence-electron chi connectivity index (χ2n) is 4.86. The summed E-state index contributed by atoms with van der Waals surface area (Å²) < 4.78 is 11.2. The Hall–Kier alpha value is -2.36. The number of ether oxygens (including phenoxy) is 2. The van der Waals surface area contributed by atoms with E-state index in [1.54, 1.807) is 0 Å². The van der Waals surface area contributed by atoms with Gasteiger partial charge in [0.15, 0.2) is 11.5 Å². The number of rotatable bonds is 3. The van der Waals surface area contributed by atoms with Gasteiger partial charge in [0.1, 0.15) is 13.2 Å². The van der Waals surface area contributed by atoms with Crippen LogP contribution in [-0.4, -0.2) is 13.2 Å². The van der Waals surface area contributed by atoms with E-state index in [2.05, 4.69) is 5.32 Å². The number of nitrogens with two attached hydrogens (primary N) is 1. The smallest absolute Gasteiger partial charge is 0.166 e. The molecule has 0 amide bonds. The summed E-state index contributed by atoms with van der Waals surface area (Å²) in [6.45, 7) is 4.01. The predicted octanol–water partition coefficient (Wildman–Crippen LogP) is 2.96. The molecule has 0 atom stereocenters. The Morgan fingerprint density at radius 3 is 2.60 bits per heavy atom. The molecule has 0 saturated carbocycles. The molecule has 4 heteroatoms. The zero-order valence-electron chi connectivity index (χ0n) is 11.5. The Balaban J connectivity index is 1.76. The molecular weight excluding hydrogens is 252 g/mol. The number of anilines is 2. The maximum atomic E-state index is 5.68. The highest BCUT2D eigenvalue weighted by Crippen LogP contribution is 2.37. The van der Waals surface area contributed by atoms with Crippen molar-refractivity contribution in [3.05, 3.63) is 47.5 Å². The Bertz CT molecular complexity index is 609. The van der Waals surface area contributed by atoms with E-state index in [0.717, 1.165) is 35.0 Å². The molecule has 0 fully saturated rings. The van der Waals surface area contributed by atoms with E-state index in [-0.39, 0.29) is 0 Å². The van der Waals surface area contributed by atoms with E-state index >= 15 is 0 Å². The molecule has 4 nitrogen and oxygen atoms in total. The van der Waals surface area contributed by atoms with Crippen LogP contribution in [0.15, 0.2) is 36.4 Å². The molecule has 20 heavy (non-hydrogen) atoms. The lowest BCUT2D eigenvalue weighted by atomic mass is 10.1. The van der Waals surface area contributed by atoms with Gasteiger partial charge in [-0.3, -0.25) is 0 Å². The molecule has 3 N–H and O–H groups in total. The van der Waals surface area contributed by atoms with Gasteiger partial charge in [-0.1, -0.05) is 12.1 Å². The van der Waals surface area contributed by atoms with Gasteiger partial charge in [0.05, 0.1) is 0 Å². The standard InChI is InChI=1S/C16H18N2O2/c1-11-14(6-7-15-16(11)20-9-8-19-15)18-10-12-2-4-13(17)5-3-12/h2-7,18H,8-10,17H2,1H3. The van der Waals surface area contributed by atoms with Crippen molar-refractivity contribution >= 4 is 11.4 Å². The molecule has 0 aromatic heterocycles. The molecule has 2 aromatic carbocycles. The van der Waals surface area contributed by atoms with Crippen LogP contribution in [0, 0.1) is 6.92 Å². The van der Waals surface area contributed by atoms with Crippen molar-refractivity contribution in [2.45, 2.75) is 13.5 Å². The first-order valence-corrected chi connectivity index (χ1v) is 6.71. The van der Waals surface area contributed by atoms with Gasteiger partial charge in [-0.2, -0.15) is 0 Å². The van der Waals surface area contributed by atoms with Crippen LogP contribution in [0.4, 0.5) is 11.4 Å². The van der Waals surface area contributed by atoms with E-state index in [9.17, 15) is 0 Å². The monoisotopic (exact) mass is 270 g/mol. The summed E-state index contributed by atoms with van der Waals surface area (Å²) >= 11 is 0. The molecule has 1 heterocycles. The average Bonchev–Trinajstić information content (AvgIpc) is 2.49. The lowest BCUT2D eigenvalue weighted by Gasteiger charge is -2.22. The van der Waals surface area contributed by atoms with Gasteiger partial charge in [-0.25, -0.2) is 0 Å². The zero-order chi connectivity index (χ0) is 13.9. The summed E-state index contributed by atoms with van der Waals surface area (Å²) in [5.41, 5.74) is 9.80. The summed E-state index contributed by atoms with van der Waals surface area (Å²) in [6, 6.07) is 11.8. The molecular formula is C16H18N2O2. The Morgan fingerprint density at radius 1 is 1.05 bits per heavy atom. The minimum atomic E-state index is 0.606. The van der Waals surface area contributed by atoms with Crippen LogP contribution in [0.5, 0.6) is 11.5 Å². The van der Waals surface area contributed by atoms with Crippen LogP contribution in [0.1, 0.15) is 11.1 Å². The van der Waals surface area contributed by atoms with Crippen molar-refractivity contribution in [1.82, 2.24) is 0 Å². The first kappa shape index (κ1) is 12.7. The number of nitrogen functional groups attached to an aromatic ring is 1. The molecule has 0 unspecified atom stereocenters. The van der Waals surface area contributed by atoms with Crippen LogP contribution >= 0.6 is 0 Å². The molecule has 1 aliphatic rings. The van der Waals surface area contributed by atoms with E-state index in [1.165, 1.54) is 5.56 Å². The average molecular weight is 270 g/mol. The summed E-state index contributed by atoms with van der Waals surface area (Å²) in [7, 11) is 0. The van der Waals surface area contributed by atoms with E-state index in [0.29, 0.717) is 13.2 Å². The number of hydrogen-bond acceptors (Lipinski definition) is 4. The SMILES string of the molecule is Cc1c(NCc2ccc(N)cc2)ccc2c1OCCO2. The third kappa shape index (κ3) is 2.50. The first-order valence-electron chi connectivity index (χ1n) is 6.71. The fourth-order valence-electron chi connectivity index (χ4n) is 2.28. The van der Waals surface area contributed by atoms with E-state index in [1.807, 2.05) is 43.3 Å². The van der Waals surface area contributed by atoms with Gasteiger partial charge in [0, 0.05) is 23.5 Å². The maximum Gasteiger partial charge on any atom is 0.166 e. The summed E-state index contributed by atoms with van der Waals surface area (Å²) in [5.74, 6) is 1.67. The van der Waals surface area contributed by atoms with Gasteiger partial charge in [0.25, 0.3) is 0 Å². The fourth-order valence-corrected chi connectivity index (χ4v) is 2.28. The largest absolute Gasteiger partial charge is 0.486 e. The number of hydrogen-bond donors (Lipinski definition) is 2. The molecule has 0 spiro atoms. The molecule has 3 rings (SSSR count). The normalized spacial score (nSPS) is 13.1. The molecule has 1 aliphatic heterocycles.